The molecule has 0 fully saturated rings. The normalized spacial score (nSPS) is 10.2. The van der Waals surface area contributed by atoms with E-state index in [0.717, 1.165) is 0 Å². The molecular weight excluding hydrogens is 334 g/mol. The van der Waals surface area contributed by atoms with E-state index in [1.165, 1.54) is 19.2 Å². The third-order valence-corrected chi connectivity index (χ3v) is 3.62. The Morgan fingerprint density at radius 2 is 1.92 bits per heavy atom. The molecule has 1 heterocycles. The topological polar surface area (TPSA) is 77.9 Å². The van der Waals surface area contributed by atoms with Crippen LogP contribution in [0.15, 0.2) is 67.0 Å². The number of phenolic OH excluding ortho intramolecular Hbond substituents is 1. The number of carbonyl (C=O) groups is 1. The highest BCUT2D eigenvalue weighted by Gasteiger charge is 2.15. The number of hydrogen-bond acceptors (Lipinski definition) is 6. The number of aromatic hydroxyl groups is 1. The van der Waals surface area contributed by atoms with Crippen LogP contribution >= 0.6 is 0 Å². The van der Waals surface area contributed by atoms with Gasteiger partial charge in [0.25, 0.3) is 0 Å². The molecule has 0 bridgehead atoms. The lowest BCUT2D eigenvalue weighted by atomic mass is 10.2. The second-order valence-corrected chi connectivity index (χ2v) is 5.36. The van der Waals surface area contributed by atoms with Crippen molar-refractivity contribution < 1.29 is 24.1 Å². The van der Waals surface area contributed by atoms with Crippen LogP contribution in [0, 0.1) is 0 Å². The average molecular weight is 351 g/mol. The van der Waals surface area contributed by atoms with Crippen LogP contribution in [0.5, 0.6) is 23.0 Å². The lowest BCUT2D eigenvalue weighted by Crippen LogP contribution is -2.06. The van der Waals surface area contributed by atoms with Crippen LogP contribution in [0.4, 0.5) is 0 Å². The molecule has 0 amide bonds. The molecule has 0 aliphatic carbocycles. The van der Waals surface area contributed by atoms with Crippen molar-refractivity contribution in [2.75, 3.05) is 7.11 Å². The monoisotopic (exact) mass is 351 g/mol. The molecule has 0 radical (unpaired) electrons. The van der Waals surface area contributed by atoms with Crippen molar-refractivity contribution in [2.45, 2.75) is 6.61 Å². The van der Waals surface area contributed by atoms with Crippen molar-refractivity contribution in [3.05, 3.63) is 78.1 Å². The van der Waals surface area contributed by atoms with Crippen molar-refractivity contribution in [1.82, 2.24) is 4.98 Å². The Hall–Kier alpha value is -3.54. The van der Waals surface area contributed by atoms with Crippen molar-refractivity contribution >= 4 is 5.97 Å². The van der Waals surface area contributed by atoms with E-state index in [0.29, 0.717) is 22.8 Å². The molecule has 26 heavy (non-hydrogen) atoms. The van der Waals surface area contributed by atoms with E-state index in [-0.39, 0.29) is 17.9 Å². The largest absolute Gasteiger partial charge is 0.507 e. The maximum absolute atomic E-state index is 12.2. The molecule has 0 saturated carbocycles. The summed E-state index contributed by atoms with van der Waals surface area (Å²) in [4.78, 5) is 16.2. The summed E-state index contributed by atoms with van der Waals surface area (Å²) in [5.74, 6) is 0.760. The number of ether oxygens (including phenoxy) is 3. The Balaban J connectivity index is 1.71. The molecule has 0 aliphatic rings. The fourth-order valence-corrected chi connectivity index (χ4v) is 2.29. The molecule has 1 aromatic heterocycles. The van der Waals surface area contributed by atoms with Crippen LogP contribution in [-0.2, 0) is 11.3 Å². The van der Waals surface area contributed by atoms with E-state index < -0.39 is 5.97 Å². The van der Waals surface area contributed by atoms with Gasteiger partial charge in [-0.05, 0) is 30.3 Å². The Morgan fingerprint density at radius 1 is 1.08 bits per heavy atom. The minimum absolute atomic E-state index is 0.000732. The number of aromatic nitrogens is 1. The molecule has 0 aliphatic heterocycles. The molecule has 6 nitrogen and oxygen atoms in total. The smallest absolute Gasteiger partial charge is 0.342 e. The summed E-state index contributed by atoms with van der Waals surface area (Å²) in [6.07, 6.45) is 3.25. The van der Waals surface area contributed by atoms with E-state index in [1.54, 1.807) is 42.7 Å². The van der Waals surface area contributed by atoms with E-state index >= 15 is 0 Å². The second kappa shape index (κ2) is 8.02. The van der Waals surface area contributed by atoms with Crippen LogP contribution in [0.25, 0.3) is 0 Å². The van der Waals surface area contributed by atoms with Crippen LogP contribution in [-0.4, -0.2) is 23.2 Å². The lowest BCUT2D eigenvalue weighted by molar-refractivity contribution is 0.0467. The van der Waals surface area contributed by atoms with Gasteiger partial charge in [-0.1, -0.05) is 18.2 Å². The van der Waals surface area contributed by atoms with Gasteiger partial charge in [0, 0.05) is 17.8 Å². The summed E-state index contributed by atoms with van der Waals surface area (Å²) in [7, 11) is 1.48. The van der Waals surface area contributed by atoms with Crippen LogP contribution in [0.2, 0.25) is 0 Å². The van der Waals surface area contributed by atoms with Gasteiger partial charge in [0.15, 0.2) is 0 Å². The highest BCUT2D eigenvalue weighted by atomic mass is 16.5. The van der Waals surface area contributed by atoms with Gasteiger partial charge in [0.1, 0.15) is 35.2 Å². The fourth-order valence-electron chi connectivity index (χ4n) is 2.29. The average Bonchev–Trinajstić information content (AvgIpc) is 2.67. The van der Waals surface area contributed by atoms with Gasteiger partial charge >= 0.3 is 5.97 Å². The van der Waals surface area contributed by atoms with Gasteiger partial charge in [-0.25, -0.2) is 4.79 Å². The molecule has 0 saturated heterocycles. The Kier molecular flexibility index (Phi) is 5.34. The van der Waals surface area contributed by atoms with Crippen LogP contribution < -0.4 is 9.47 Å². The Bertz CT molecular complexity index is 896. The van der Waals surface area contributed by atoms with Crippen molar-refractivity contribution in [1.29, 1.82) is 0 Å². The first-order chi connectivity index (χ1) is 12.7. The number of nitrogens with zero attached hydrogens (tertiary/aromatic N) is 1. The molecule has 3 rings (SSSR count). The minimum atomic E-state index is -0.638. The summed E-state index contributed by atoms with van der Waals surface area (Å²) in [6, 6.07) is 15.2. The zero-order valence-electron chi connectivity index (χ0n) is 14.1. The summed E-state index contributed by atoms with van der Waals surface area (Å²) in [5, 5.41) is 9.93. The van der Waals surface area contributed by atoms with Crippen LogP contribution in [0.3, 0.4) is 0 Å². The first-order valence-corrected chi connectivity index (χ1v) is 7.87. The number of phenols is 1. The highest BCUT2D eigenvalue weighted by Crippen LogP contribution is 2.27. The zero-order chi connectivity index (χ0) is 18.4. The summed E-state index contributed by atoms with van der Waals surface area (Å²) in [6.45, 7) is 0.000732. The maximum Gasteiger partial charge on any atom is 0.342 e. The standard InChI is InChI=1S/C20H17NO5/c1-24-15-8-9-17(18(22)11-15)20(23)25-13-14-5-2-3-7-19(14)26-16-6-4-10-21-12-16/h2-12,22H,13H2,1H3. The van der Waals surface area contributed by atoms with E-state index in [4.69, 9.17) is 14.2 Å². The minimum Gasteiger partial charge on any atom is -0.507 e. The molecule has 3 aromatic rings. The molecule has 6 heteroatoms. The van der Waals surface area contributed by atoms with E-state index in [9.17, 15) is 9.90 Å². The number of benzene rings is 2. The summed E-state index contributed by atoms with van der Waals surface area (Å²) in [5.41, 5.74) is 0.758. The molecule has 0 spiro atoms. The number of carbonyl (C=O) groups excluding carboxylic acids is 1. The number of pyridine rings is 1. The van der Waals surface area contributed by atoms with Gasteiger partial charge in [-0.3, -0.25) is 4.98 Å². The number of hydrogen-bond donors (Lipinski definition) is 1. The van der Waals surface area contributed by atoms with Crippen LogP contribution in [0.1, 0.15) is 15.9 Å². The molecular formula is C20H17NO5. The molecule has 2 aromatic carbocycles. The van der Waals surface area contributed by atoms with Gasteiger partial charge in [-0.15, -0.1) is 0 Å². The third-order valence-electron chi connectivity index (χ3n) is 3.62. The number of esters is 1. The van der Waals surface area contributed by atoms with Gasteiger partial charge in [0.2, 0.25) is 0 Å². The molecule has 132 valence electrons. The van der Waals surface area contributed by atoms with Crippen molar-refractivity contribution in [2.24, 2.45) is 0 Å². The van der Waals surface area contributed by atoms with E-state index in [2.05, 4.69) is 4.98 Å². The zero-order valence-corrected chi connectivity index (χ0v) is 14.1. The summed E-state index contributed by atoms with van der Waals surface area (Å²) >= 11 is 0. The number of rotatable bonds is 6. The number of para-hydroxylation sites is 1. The first kappa shape index (κ1) is 17.3. The quantitative estimate of drug-likeness (QED) is 0.678. The summed E-state index contributed by atoms with van der Waals surface area (Å²) < 4.78 is 16.1. The Labute approximate surface area is 150 Å². The highest BCUT2D eigenvalue weighted by molar-refractivity contribution is 5.92. The van der Waals surface area contributed by atoms with Crippen molar-refractivity contribution in [3.63, 3.8) is 0 Å². The van der Waals surface area contributed by atoms with Gasteiger partial charge in [0.05, 0.1) is 13.3 Å². The van der Waals surface area contributed by atoms with E-state index in [1.807, 2.05) is 12.1 Å². The number of methoxy groups -OCH3 is 1. The first-order valence-electron chi connectivity index (χ1n) is 7.87. The second-order valence-electron chi connectivity index (χ2n) is 5.36. The predicted octanol–water partition coefficient (Wildman–Crippen LogP) is 3.95. The SMILES string of the molecule is COc1ccc(C(=O)OCc2ccccc2Oc2cccnc2)c(O)c1. The van der Waals surface area contributed by atoms with Gasteiger partial charge < -0.3 is 19.3 Å². The fraction of sp³-hybridized carbons (Fsp3) is 0.100. The Morgan fingerprint density at radius 3 is 2.65 bits per heavy atom. The van der Waals surface area contributed by atoms with Gasteiger partial charge in [-0.2, -0.15) is 0 Å². The predicted molar refractivity (Wildman–Crippen MR) is 94.5 cm³/mol. The molecule has 0 unspecified atom stereocenters. The lowest BCUT2D eigenvalue weighted by Gasteiger charge is -2.12. The maximum atomic E-state index is 12.2. The molecule has 1 N–H and O–H groups in total. The van der Waals surface area contributed by atoms with Crippen molar-refractivity contribution in [3.8, 4) is 23.0 Å². The molecule has 0 atom stereocenters. The third kappa shape index (κ3) is 4.10.